The molecule has 0 saturated heterocycles. The van der Waals surface area contributed by atoms with Gasteiger partial charge in [0.25, 0.3) is 0 Å². The minimum atomic E-state index is 1.01. The van der Waals surface area contributed by atoms with E-state index >= 15 is 0 Å². The predicted molar refractivity (Wildman–Crippen MR) is 67.9 cm³/mol. The number of nitrogens with one attached hydrogen (secondary N) is 1. The van der Waals surface area contributed by atoms with E-state index in [0.29, 0.717) is 0 Å². The molecule has 0 fully saturated rings. The average Bonchev–Trinajstić information content (AvgIpc) is 2.60. The molecule has 0 aliphatic carbocycles. The maximum atomic E-state index is 3.46. The van der Waals surface area contributed by atoms with Gasteiger partial charge in [-0.25, -0.2) is 0 Å². The number of nitrogens with zero attached hydrogens (tertiary/aromatic N) is 1. The third kappa shape index (κ3) is 1.17. The number of aromatic nitrogens is 1. The van der Waals surface area contributed by atoms with Gasteiger partial charge in [0.15, 0.2) is 0 Å². The lowest BCUT2D eigenvalue weighted by Gasteiger charge is -2.18. The fourth-order valence-corrected chi connectivity index (χ4v) is 2.97. The van der Waals surface area contributed by atoms with Crippen molar-refractivity contribution < 1.29 is 0 Å². The van der Waals surface area contributed by atoms with Crippen LogP contribution in [0.25, 0.3) is 10.9 Å². The first-order valence-electron chi connectivity index (χ1n) is 5.98. The van der Waals surface area contributed by atoms with Crippen LogP contribution < -0.4 is 5.32 Å². The largest absolute Gasteiger partial charge is 0.342 e. The molecule has 2 nitrogen and oxygen atoms in total. The van der Waals surface area contributed by atoms with Crippen LogP contribution in [0.2, 0.25) is 0 Å². The van der Waals surface area contributed by atoms with E-state index in [1.165, 1.54) is 33.3 Å². The number of aryl methyl sites for hydroxylation is 3. The molecule has 0 bridgehead atoms. The smallest absolute Gasteiger partial charge is 0.0518 e. The summed E-state index contributed by atoms with van der Waals surface area (Å²) in [6, 6.07) is 4.48. The minimum absolute atomic E-state index is 1.01. The van der Waals surface area contributed by atoms with Gasteiger partial charge in [-0.1, -0.05) is 12.1 Å². The van der Waals surface area contributed by atoms with Gasteiger partial charge < -0.3 is 9.88 Å². The van der Waals surface area contributed by atoms with E-state index in [1.807, 2.05) is 0 Å². The summed E-state index contributed by atoms with van der Waals surface area (Å²) in [4.78, 5) is 0. The summed E-state index contributed by atoms with van der Waals surface area (Å²) in [6.45, 7) is 9.89. The summed E-state index contributed by atoms with van der Waals surface area (Å²) in [5.41, 5.74) is 7.19. The summed E-state index contributed by atoms with van der Waals surface area (Å²) >= 11 is 0. The zero-order valence-corrected chi connectivity index (χ0v) is 10.2. The molecular weight excluding hydrogens is 196 g/mol. The highest BCUT2D eigenvalue weighted by Crippen LogP contribution is 2.31. The first-order valence-corrected chi connectivity index (χ1v) is 5.98. The van der Waals surface area contributed by atoms with E-state index in [1.54, 1.807) is 0 Å². The van der Waals surface area contributed by atoms with Crippen molar-refractivity contribution in [3.05, 3.63) is 34.5 Å². The van der Waals surface area contributed by atoms with Gasteiger partial charge in [0.05, 0.1) is 5.52 Å². The second-order valence-corrected chi connectivity index (χ2v) is 4.82. The lowest BCUT2D eigenvalue weighted by molar-refractivity contribution is 0.524. The maximum Gasteiger partial charge on any atom is 0.0518 e. The van der Waals surface area contributed by atoms with Crippen LogP contribution in [0.4, 0.5) is 0 Å². The Morgan fingerprint density at radius 3 is 2.69 bits per heavy atom. The zero-order chi connectivity index (χ0) is 11.3. The predicted octanol–water partition coefficient (Wildman–Crippen LogP) is 2.67. The van der Waals surface area contributed by atoms with Crippen molar-refractivity contribution >= 4 is 10.9 Å². The molecule has 1 aromatic carbocycles. The third-order valence-corrected chi connectivity index (χ3v) is 3.80. The van der Waals surface area contributed by atoms with Gasteiger partial charge in [-0.2, -0.15) is 0 Å². The Balaban J connectivity index is 2.48. The van der Waals surface area contributed by atoms with Gasteiger partial charge in [-0.15, -0.1) is 0 Å². The number of rotatable bonds is 0. The lowest BCUT2D eigenvalue weighted by Crippen LogP contribution is -2.28. The van der Waals surface area contributed by atoms with Crippen LogP contribution in [-0.4, -0.2) is 11.1 Å². The van der Waals surface area contributed by atoms with Crippen molar-refractivity contribution in [1.82, 2.24) is 9.88 Å². The molecule has 1 aliphatic rings. The van der Waals surface area contributed by atoms with E-state index in [-0.39, 0.29) is 0 Å². The topological polar surface area (TPSA) is 17.0 Å². The molecule has 0 spiro atoms. The third-order valence-electron chi connectivity index (χ3n) is 3.80. The van der Waals surface area contributed by atoms with Crippen LogP contribution >= 0.6 is 0 Å². The molecule has 2 heterocycles. The molecule has 0 amide bonds. The first-order chi connectivity index (χ1) is 7.70. The molecule has 3 rings (SSSR count). The molecule has 0 saturated carbocycles. The van der Waals surface area contributed by atoms with Gasteiger partial charge in [0.2, 0.25) is 0 Å². The van der Waals surface area contributed by atoms with Crippen LogP contribution in [0.5, 0.6) is 0 Å². The summed E-state index contributed by atoms with van der Waals surface area (Å²) in [7, 11) is 0. The van der Waals surface area contributed by atoms with E-state index in [2.05, 4.69) is 42.8 Å². The molecule has 0 unspecified atom stereocenters. The highest BCUT2D eigenvalue weighted by Gasteiger charge is 2.18. The molecular formula is C14H18N2. The Morgan fingerprint density at radius 1 is 1.12 bits per heavy atom. The van der Waals surface area contributed by atoms with Gasteiger partial charge in [0.1, 0.15) is 0 Å². The van der Waals surface area contributed by atoms with Gasteiger partial charge in [0, 0.05) is 30.7 Å². The molecule has 1 N–H and O–H groups in total. The standard InChI is InChI=1S/C14H18N2/c1-9-4-5-10(2)14-13(9)11(3)12-8-15-6-7-16(12)14/h4-5,15H,6-8H2,1-3H3. The number of hydrogen-bond acceptors (Lipinski definition) is 1. The molecule has 0 radical (unpaired) electrons. The molecule has 2 heteroatoms. The van der Waals surface area contributed by atoms with Gasteiger partial charge >= 0.3 is 0 Å². The van der Waals surface area contributed by atoms with E-state index in [0.717, 1.165) is 19.6 Å². The normalized spacial score (nSPS) is 15.4. The van der Waals surface area contributed by atoms with Crippen LogP contribution in [0.15, 0.2) is 12.1 Å². The quantitative estimate of drug-likeness (QED) is 0.713. The van der Waals surface area contributed by atoms with Crippen molar-refractivity contribution in [1.29, 1.82) is 0 Å². The molecule has 0 atom stereocenters. The Kier molecular flexibility index (Phi) is 2.08. The fraction of sp³-hybridized carbons (Fsp3) is 0.429. The molecule has 1 aliphatic heterocycles. The fourth-order valence-electron chi connectivity index (χ4n) is 2.97. The molecule has 2 aromatic rings. The van der Waals surface area contributed by atoms with Crippen LogP contribution in [0.3, 0.4) is 0 Å². The first kappa shape index (κ1) is 9.91. The summed E-state index contributed by atoms with van der Waals surface area (Å²) in [5.74, 6) is 0. The number of hydrogen-bond donors (Lipinski definition) is 1. The Labute approximate surface area is 96.3 Å². The Hall–Kier alpha value is -1.28. The second-order valence-electron chi connectivity index (χ2n) is 4.82. The minimum Gasteiger partial charge on any atom is -0.342 e. The van der Waals surface area contributed by atoms with Crippen molar-refractivity contribution in [2.75, 3.05) is 6.54 Å². The SMILES string of the molecule is Cc1ccc(C)c2c1c(C)c1n2CCNC1. The van der Waals surface area contributed by atoms with Crippen molar-refractivity contribution in [3.8, 4) is 0 Å². The molecule has 16 heavy (non-hydrogen) atoms. The number of fused-ring (bicyclic) bond motifs is 3. The number of benzene rings is 1. The zero-order valence-electron chi connectivity index (χ0n) is 10.2. The monoisotopic (exact) mass is 214 g/mol. The second kappa shape index (κ2) is 3.36. The van der Waals surface area contributed by atoms with Crippen molar-refractivity contribution in [3.63, 3.8) is 0 Å². The van der Waals surface area contributed by atoms with E-state index in [9.17, 15) is 0 Å². The van der Waals surface area contributed by atoms with Crippen molar-refractivity contribution in [2.24, 2.45) is 0 Å². The van der Waals surface area contributed by atoms with Crippen molar-refractivity contribution in [2.45, 2.75) is 33.9 Å². The van der Waals surface area contributed by atoms with Crippen LogP contribution in [0.1, 0.15) is 22.4 Å². The van der Waals surface area contributed by atoms with Gasteiger partial charge in [-0.05, 0) is 37.5 Å². The average molecular weight is 214 g/mol. The maximum absolute atomic E-state index is 3.46. The summed E-state index contributed by atoms with van der Waals surface area (Å²) < 4.78 is 2.50. The van der Waals surface area contributed by atoms with E-state index in [4.69, 9.17) is 0 Å². The van der Waals surface area contributed by atoms with Crippen LogP contribution in [-0.2, 0) is 13.1 Å². The lowest BCUT2D eigenvalue weighted by atomic mass is 10.0. The Bertz CT molecular complexity index is 564. The molecule has 1 aromatic heterocycles. The van der Waals surface area contributed by atoms with Gasteiger partial charge in [-0.3, -0.25) is 0 Å². The Morgan fingerprint density at radius 2 is 1.88 bits per heavy atom. The highest BCUT2D eigenvalue weighted by atomic mass is 15.1. The van der Waals surface area contributed by atoms with E-state index < -0.39 is 0 Å². The highest BCUT2D eigenvalue weighted by molar-refractivity contribution is 5.90. The summed E-state index contributed by atoms with van der Waals surface area (Å²) in [5, 5.41) is 4.93. The van der Waals surface area contributed by atoms with Crippen LogP contribution in [0, 0.1) is 20.8 Å². The summed E-state index contributed by atoms with van der Waals surface area (Å²) in [6.07, 6.45) is 0. The molecule has 84 valence electrons.